The lowest BCUT2D eigenvalue weighted by molar-refractivity contribution is -0.142. The van der Waals surface area contributed by atoms with Crippen LogP contribution in [0.2, 0.25) is 0 Å². The van der Waals surface area contributed by atoms with E-state index in [0.717, 1.165) is 6.42 Å². The summed E-state index contributed by atoms with van der Waals surface area (Å²) in [6.45, 7) is 3.69. The second-order valence-corrected chi connectivity index (χ2v) is 3.64. The molecule has 0 spiro atoms. The first-order valence-corrected chi connectivity index (χ1v) is 4.91. The minimum atomic E-state index is -0.127. The largest absolute Gasteiger partial charge is 0.462 e. The first-order valence-electron chi connectivity index (χ1n) is 4.91. The Balaban J connectivity index is 1.97. The van der Waals surface area contributed by atoms with Gasteiger partial charge >= 0.3 is 5.97 Å². The highest BCUT2D eigenvalue weighted by Crippen LogP contribution is 2.38. The first kappa shape index (κ1) is 9.56. The van der Waals surface area contributed by atoms with E-state index in [2.05, 4.69) is 6.92 Å². The quantitative estimate of drug-likeness (QED) is 0.468. The van der Waals surface area contributed by atoms with Gasteiger partial charge in [0.25, 0.3) is 0 Å². The Morgan fingerprint density at radius 3 is 2.83 bits per heavy atom. The van der Waals surface area contributed by atoms with E-state index in [1.807, 2.05) is 0 Å². The van der Waals surface area contributed by atoms with Crippen molar-refractivity contribution in [2.75, 3.05) is 0 Å². The van der Waals surface area contributed by atoms with Gasteiger partial charge in [-0.15, -0.1) is 0 Å². The molecule has 0 radical (unpaired) electrons. The van der Waals surface area contributed by atoms with Crippen LogP contribution in [0.5, 0.6) is 0 Å². The molecular formula is C10H18O2. The fourth-order valence-corrected chi connectivity index (χ4v) is 1.54. The third kappa shape index (κ3) is 3.24. The van der Waals surface area contributed by atoms with Gasteiger partial charge in [0.1, 0.15) is 6.10 Å². The van der Waals surface area contributed by atoms with E-state index in [-0.39, 0.29) is 12.1 Å². The standard InChI is InChI=1S/C10H18O2/c1-3-4-5-6-9-7-10(9)12-8(2)11/h9-10H,3-7H2,1-2H3/t9-,10-/m0/s1. The maximum Gasteiger partial charge on any atom is 0.302 e. The topological polar surface area (TPSA) is 26.3 Å². The van der Waals surface area contributed by atoms with E-state index in [4.69, 9.17) is 4.74 Å². The summed E-state index contributed by atoms with van der Waals surface area (Å²) in [5, 5.41) is 0. The molecule has 0 aliphatic heterocycles. The molecule has 0 N–H and O–H groups in total. The lowest BCUT2D eigenvalue weighted by Gasteiger charge is -1.99. The van der Waals surface area contributed by atoms with E-state index in [1.54, 1.807) is 0 Å². The number of rotatable bonds is 5. The van der Waals surface area contributed by atoms with Gasteiger partial charge in [0, 0.05) is 6.92 Å². The molecule has 0 saturated heterocycles. The van der Waals surface area contributed by atoms with Gasteiger partial charge in [-0.2, -0.15) is 0 Å². The maximum absolute atomic E-state index is 10.5. The molecule has 0 aromatic rings. The Hall–Kier alpha value is -0.530. The minimum Gasteiger partial charge on any atom is -0.462 e. The molecule has 2 atom stereocenters. The van der Waals surface area contributed by atoms with Gasteiger partial charge in [-0.05, 0) is 18.8 Å². The number of esters is 1. The van der Waals surface area contributed by atoms with Gasteiger partial charge < -0.3 is 4.74 Å². The van der Waals surface area contributed by atoms with Crippen LogP contribution in [-0.2, 0) is 9.53 Å². The van der Waals surface area contributed by atoms with Crippen LogP contribution in [-0.4, -0.2) is 12.1 Å². The number of hydrogen-bond acceptors (Lipinski definition) is 2. The molecule has 1 fully saturated rings. The Kier molecular flexibility index (Phi) is 3.57. The number of carbonyl (C=O) groups is 1. The van der Waals surface area contributed by atoms with Crippen molar-refractivity contribution in [1.82, 2.24) is 0 Å². The van der Waals surface area contributed by atoms with Gasteiger partial charge in [0.15, 0.2) is 0 Å². The number of hydrogen-bond donors (Lipinski definition) is 0. The lowest BCUT2D eigenvalue weighted by Crippen LogP contribution is -2.02. The molecule has 1 saturated carbocycles. The molecule has 1 aliphatic rings. The summed E-state index contributed by atoms with van der Waals surface area (Å²) < 4.78 is 5.07. The molecule has 0 aromatic heterocycles. The summed E-state index contributed by atoms with van der Waals surface area (Å²) in [4.78, 5) is 10.5. The summed E-state index contributed by atoms with van der Waals surface area (Å²) in [5.74, 6) is 0.554. The molecular weight excluding hydrogens is 152 g/mol. The van der Waals surface area contributed by atoms with Crippen LogP contribution in [0.4, 0.5) is 0 Å². The highest BCUT2D eigenvalue weighted by molar-refractivity contribution is 5.66. The minimum absolute atomic E-state index is 0.127. The molecule has 1 aliphatic carbocycles. The van der Waals surface area contributed by atoms with Crippen molar-refractivity contribution < 1.29 is 9.53 Å². The van der Waals surface area contributed by atoms with E-state index in [1.165, 1.54) is 32.6 Å². The van der Waals surface area contributed by atoms with Crippen LogP contribution < -0.4 is 0 Å². The van der Waals surface area contributed by atoms with Crippen molar-refractivity contribution in [2.24, 2.45) is 5.92 Å². The predicted octanol–water partition coefficient (Wildman–Crippen LogP) is 2.52. The fourth-order valence-electron chi connectivity index (χ4n) is 1.54. The third-order valence-electron chi connectivity index (χ3n) is 2.35. The average molecular weight is 170 g/mol. The van der Waals surface area contributed by atoms with E-state index in [0.29, 0.717) is 5.92 Å². The van der Waals surface area contributed by atoms with Crippen LogP contribution >= 0.6 is 0 Å². The average Bonchev–Trinajstić information content (AvgIpc) is 2.67. The smallest absolute Gasteiger partial charge is 0.302 e. The normalized spacial score (nSPS) is 26.8. The van der Waals surface area contributed by atoms with Crippen LogP contribution in [0.3, 0.4) is 0 Å². The van der Waals surface area contributed by atoms with Crippen LogP contribution in [0.1, 0.15) is 46.0 Å². The molecule has 2 nitrogen and oxygen atoms in total. The van der Waals surface area contributed by atoms with Crippen molar-refractivity contribution >= 4 is 5.97 Å². The van der Waals surface area contributed by atoms with Gasteiger partial charge in [-0.3, -0.25) is 4.79 Å². The van der Waals surface area contributed by atoms with Gasteiger partial charge in [-0.25, -0.2) is 0 Å². The summed E-state index contributed by atoms with van der Waals surface area (Å²) in [6, 6.07) is 0. The van der Waals surface area contributed by atoms with Crippen molar-refractivity contribution in [1.29, 1.82) is 0 Å². The molecule has 2 heteroatoms. The maximum atomic E-state index is 10.5. The van der Waals surface area contributed by atoms with Crippen molar-refractivity contribution in [3.63, 3.8) is 0 Å². The first-order chi connectivity index (χ1) is 5.74. The van der Waals surface area contributed by atoms with E-state index in [9.17, 15) is 4.79 Å². The summed E-state index contributed by atoms with van der Waals surface area (Å²) in [7, 11) is 0. The Morgan fingerprint density at radius 1 is 1.50 bits per heavy atom. The molecule has 0 bridgehead atoms. The van der Waals surface area contributed by atoms with Gasteiger partial charge in [-0.1, -0.05) is 26.2 Å². The number of unbranched alkanes of at least 4 members (excludes halogenated alkanes) is 2. The second-order valence-electron chi connectivity index (χ2n) is 3.64. The molecule has 0 heterocycles. The van der Waals surface area contributed by atoms with Gasteiger partial charge in [0.2, 0.25) is 0 Å². The summed E-state index contributed by atoms with van der Waals surface area (Å²) >= 11 is 0. The number of carbonyl (C=O) groups excluding carboxylic acids is 1. The van der Waals surface area contributed by atoms with Crippen LogP contribution in [0.25, 0.3) is 0 Å². The highest BCUT2D eigenvalue weighted by Gasteiger charge is 2.39. The second kappa shape index (κ2) is 4.48. The SMILES string of the molecule is CCCCC[C@H]1C[C@@H]1OC(C)=O. The zero-order chi connectivity index (χ0) is 8.97. The van der Waals surface area contributed by atoms with Crippen molar-refractivity contribution in [3.8, 4) is 0 Å². The summed E-state index contributed by atoms with van der Waals surface area (Å²) in [5.41, 5.74) is 0. The zero-order valence-corrected chi connectivity index (χ0v) is 8.01. The summed E-state index contributed by atoms with van der Waals surface area (Å²) in [6.07, 6.45) is 6.47. The predicted molar refractivity (Wildman–Crippen MR) is 47.8 cm³/mol. The Bertz CT molecular complexity index is 154. The molecule has 0 amide bonds. The van der Waals surface area contributed by atoms with E-state index < -0.39 is 0 Å². The highest BCUT2D eigenvalue weighted by atomic mass is 16.5. The van der Waals surface area contributed by atoms with Crippen LogP contribution in [0.15, 0.2) is 0 Å². The Morgan fingerprint density at radius 2 is 2.25 bits per heavy atom. The monoisotopic (exact) mass is 170 g/mol. The molecule has 12 heavy (non-hydrogen) atoms. The molecule has 70 valence electrons. The Labute approximate surface area is 74.3 Å². The lowest BCUT2D eigenvalue weighted by atomic mass is 10.1. The number of ether oxygens (including phenoxy) is 1. The van der Waals surface area contributed by atoms with Crippen LogP contribution in [0, 0.1) is 5.92 Å². The molecule has 0 unspecified atom stereocenters. The third-order valence-corrected chi connectivity index (χ3v) is 2.35. The van der Waals surface area contributed by atoms with Gasteiger partial charge in [0.05, 0.1) is 0 Å². The molecule has 0 aromatic carbocycles. The van der Waals surface area contributed by atoms with E-state index >= 15 is 0 Å². The van der Waals surface area contributed by atoms with Crippen molar-refractivity contribution in [2.45, 2.75) is 52.1 Å². The fraction of sp³-hybridized carbons (Fsp3) is 0.900. The van der Waals surface area contributed by atoms with Crippen molar-refractivity contribution in [3.05, 3.63) is 0 Å². The zero-order valence-electron chi connectivity index (χ0n) is 8.01. The molecule has 1 rings (SSSR count).